The van der Waals surface area contributed by atoms with Crippen molar-refractivity contribution in [1.29, 1.82) is 5.26 Å². The van der Waals surface area contributed by atoms with Gasteiger partial charge >= 0.3 is 0 Å². The zero-order chi connectivity index (χ0) is 24.5. The molecule has 0 saturated carbocycles. The third-order valence-corrected chi connectivity index (χ3v) is 5.15. The SMILES string of the molecule is [C-]#[N+]c1[c-]c(-c2ccc(C)cn2)cc(C#N)c1.[Ir].[c-]1ccccc1-c1ccc(-c2ccccc2)cn1. The van der Waals surface area contributed by atoms with Crippen LogP contribution in [0.3, 0.4) is 0 Å². The van der Waals surface area contributed by atoms with E-state index in [1.807, 2.05) is 79.9 Å². The van der Waals surface area contributed by atoms with Crippen LogP contribution in [0.2, 0.25) is 0 Å². The van der Waals surface area contributed by atoms with Crippen LogP contribution in [0.5, 0.6) is 0 Å². The van der Waals surface area contributed by atoms with Gasteiger partial charge in [-0.25, -0.2) is 0 Å². The van der Waals surface area contributed by atoms with Crippen LogP contribution < -0.4 is 0 Å². The van der Waals surface area contributed by atoms with Gasteiger partial charge in [0.2, 0.25) is 0 Å². The van der Waals surface area contributed by atoms with Crippen LogP contribution in [0, 0.1) is 37.0 Å². The Kier molecular flexibility index (Phi) is 9.38. The maximum atomic E-state index is 8.89. The number of aryl methyl sites for hydroxylation is 1. The molecule has 4 nitrogen and oxygen atoms in total. The van der Waals surface area contributed by atoms with Crippen molar-refractivity contribution in [2.75, 3.05) is 0 Å². The number of nitrogens with zero attached hydrogens (tertiary/aromatic N) is 4. The van der Waals surface area contributed by atoms with Crippen molar-refractivity contribution < 1.29 is 20.1 Å². The van der Waals surface area contributed by atoms with E-state index in [1.54, 1.807) is 12.3 Å². The minimum absolute atomic E-state index is 0. The van der Waals surface area contributed by atoms with Crippen LogP contribution in [0.25, 0.3) is 38.5 Å². The first-order valence-electron chi connectivity index (χ1n) is 10.9. The first-order valence-corrected chi connectivity index (χ1v) is 10.9. The number of nitriles is 1. The molecule has 0 saturated heterocycles. The molecule has 2 heterocycles. The molecule has 1 radical (unpaired) electrons. The molecule has 0 atom stereocenters. The van der Waals surface area contributed by atoms with Crippen molar-refractivity contribution >= 4 is 5.69 Å². The van der Waals surface area contributed by atoms with E-state index in [-0.39, 0.29) is 20.1 Å². The van der Waals surface area contributed by atoms with Crippen molar-refractivity contribution in [3.05, 3.63) is 138 Å². The Hall–Kier alpha value is -4.41. The van der Waals surface area contributed by atoms with E-state index >= 15 is 0 Å². The maximum Gasteiger partial charge on any atom is 0.107 e. The first-order chi connectivity index (χ1) is 17.2. The largest absolute Gasteiger partial charge is 0.305 e. The summed E-state index contributed by atoms with van der Waals surface area (Å²) < 4.78 is 0. The summed E-state index contributed by atoms with van der Waals surface area (Å²) in [4.78, 5) is 12.0. The van der Waals surface area contributed by atoms with E-state index < -0.39 is 0 Å². The van der Waals surface area contributed by atoms with Crippen LogP contribution in [0.1, 0.15) is 11.1 Å². The van der Waals surface area contributed by atoms with Crippen LogP contribution in [-0.4, -0.2) is 9.97 Å². The number of hydrogen-bond acceptors (Lipinski definition) is 3. The summed E-state index contributed by atoms with van der Waals surface area (Å²) in [5.41, 5.74) is 7.55. The number of aromatic nitrogens is 2. The monoisotopic (exact) mass is 641 g/mol. The van der Waals surface area contributed by atoms with Gasteiger partial charge in [-0.3, -0.25) is 4.85 Å². The molecule has 175 valence electrons. The minimum Gasteiger partial charge on any atom is -0.305 e. The quantitative estimate of drug-likeness (QED) is 0.192. The smallest absolute Gasteiger partial charge is 0.107 e. The summed E-state index contributed by atoms with van der Waals surface area (Å²) in [7, 11) is 0. The van der Waals surface area contributed by atoms with Crippen molar-refractivity contribution in [2.45, 2.75) is 6.92 Å². The molecule has 0 aliphatic rings. The standard InChI is InChI=1S/C17H12N.C14H8N3.Ir/c1-3-7-14(8-4-1)16-11-12-17(18-13-16)15-9-5-2-6-10-15;1-10-3-4-14(17-9-10)12-5-11(8-15)6-13(7-12)16-2;/h1-9,11-13H;3-6,9H,1H3;/q2*-1;. The summed E-state index contributed by atoms with van der Waals surface area (Å²) in [6.45, 7) is 8.93. The third-order valence-electron chi connectivity index (χ3n) is 5.15. The Labute approximate surface area is 225 Å². The summed E-state index contributed by atoms with van der Waals surface area (Å²) in [5, 5.41) is 8.89. The molecule has 0 unspecified atom stereocenters. The molecule has 3 aromatic carbocycles. The summed E-state index contributed by atoms with van der Waals surface area (Å²) in [6, 6.07) is 37.4. The number of hydrogen-bond donors (Lipinski definition) is 0. The van der Waals surface area contributed by atoms with Gasteiger partial charge < -0.3 is 9.97 Å². The van der Waals surface area contributed by atoms with E-state index in [9.17, 15) is 0 Å². The molecule has 0 aliphatic carbocycles. The summed E-state index contributed by atoms with van der Waals surface area (Å²) >= 11 is 0. The fourth-order valence-electron chi connectivity index (χ4n) is 3.35. The molecule has 36 heavy (non-hydrogen) atoms. The Morgan fingerprint density at radius 2 is 1.53 bits per heavy atom. The number of pyridine rings is 2. The normalized spacial score (nSPS) is 9.53. The summed E-state index contributed by atoms with van der Waals surface area (Å²) in [5.74, 6) is 0. The fraction of sp³-hybridized carbons (Fsp3) is 0.0323. The molecule has 0 fully saturated rings. The fourth-order valence-corrected chi connectivity index (χ4v) is 3.35. The van der Waals surface area contributed by atoms with Gasteiger partial charge in [0, 0.05) is 32.5 Å². The molecule has 0 N–H and O–H groups in total. The average molecular weight is 641 g/mol. The van der Waals surface area contributed by atoms with Gasteiger partial charge in [-0.1, -0.05) is 54.6 Å². The van der Waals surface area contributed by atoms with E-state index in [2.05, 4.69) is 45.1 Å². The summed E-state index contributed by atoms with van der Waals surface area (Å²) in [6.07, 6.45) is 3.66. The molecular formula is C31H20IrN4-2. The van der Waals surface area contributed by atoms with Gasteiger partial charge in [0.15, 0.2) is 0 Å². The molecule has 0 spiro atoms. The van der Waals surface area contributed by atoms with Crippen molar-refractivity contribution in [3.8, 4) is 39.7 Å². The Balaban J connectivity index is 0.000000196. The second kappa shape index (κ2) is 12.9. The predicted octanol–water partition coefficient (Wildman–Crippen LogP) is 7.49. The van der Waals surface area contributed by atoms with Crippen LogP contribution in [-0.2, 0) is 20.1 Å². The molecule has 5 heteroatoms. The van der Waals surface area contributed by atoms with E-state index in [0.717, 1.165) is 28.1 Å². The van der Waals surface area contributed by atoms with E-state index in [1.165, 1.54) is 11.6 Å². The van der Waals surface area contributed by atoms with Crippen molar-refractivity contribution in [1.82, 2.24) is 9.97 Å². The van der Waals surface area contributed by atoms with E-state index in [4.69, 9.17) is 11.8 Å². The topological polar surface area (TPSA) is 53.9 Å². The van der Waals surface area contributed by atoms with Crippen molar-refractivity contribution in [3.63, 3.8) is 0 Å². The molecule has 5 rings (SSSR count). The Morgan fingerprint density at radius 3 is 2.14 bits per heavy atom. The Bertz CT molecular complexity index is 1390. The molecule has 5 aromatic rings. The minimum atomic E-state index is 0. The van der Waals surface area contributed by atoms with Crippen LogP contribution in [0.4, 0.5) is 5.69 Å². The van der Waals surface area contributed by atoms with Crippen LogP contribution >= 0.6 is 0 Å². The zero-order valence-electron chi connectivity index (χ0n) is 19.4. The van der Waals surface area contributed by atoms with Gasteiger partial charge in [0.25, 0.3) is 0 Å². The van der Waals surface area contributed by atoms with Gasteiger partial charge in [-0.15, -0.1) is 59.7 Å². The molecule has 0 aliphatic heterocycles. The van der Waals surface area contributed by atoms with Gasteiger partial charge in [0.1, 0.15) is 5.69 Å². The molecule has 0 amide bonds. The molecule has 0 bridgehead atoms. The Morgan fingerprint density at radius 1 is 0.806 bits per heavy atom. The van der Waals surface area contributed by atoms with Crippen molar-refractivity contribution in [2.24, 2.45) is 0 Å². The third kappa shape index (κ3) is 6.81. The average Bonchev–Trinajstić information content (AvgIpc) is 2.94. The van der Waals surface area contributed by atoms with E-state index in [0.29, 0.717) is 16.8 Å². The van der Waals surface area contributed by atoms with Gasteiger partial charge in [0.05, 0.1) is 12.6 Å². The van der Waals surface area contributed by atoms with Gasteiger partial charge in [-0.2, -0.15) is 5.26 Å². The number of rotatable bonds is 3. The molecule has 2 aromatic heterocycles. The predicted molar refractivity (Wildman–Crippen MR) is 138 cm³/mol. The second-order valence-electron chi connectivity index (χ2n) is 7.69. The molecular weight excluding hydrogens is 621 g/mol. The van der Waals surface area contributed by atoms with Crippen LogP contribution in [0.15, 0.2) is 103 Å². The zero-order valence-corrected chi connectivity index (χ0v) is 21.8. The first kappa shape index (κ1) is 26.2. The second-order valence-corrected chi connectivity index (χ2v) is 7.69. The maximum absolute atomic E-state index is 8.89. The number of benzene rings is 3. The van der Waals surface area contributed by atoms with Gasteiger partial charge in [-0.05, 0) is 40.6 Å².